The van der Waals surface area contributed by atoms with E-state index in [1.807, 2.05) is 48.5 Å². The van der Waals surface area contributed by atoms with Gasteiger partial charge in [-0.1, -0.05) is 48.5 Å². The molecular formula is C13H12NNaO. The van der Waals surface area contributed by atoms with Crippen molar-refractivity contribution in [3.63, 3.8) is 0 Å². The standard InChI is InChI=1S/C13H11NO.Na.H/c14-13(15)12-9-5-4-8-11(12)10-6-2-1-3-7-10;;/h1-9H,(H2,14,15);;/q;+1;-1. The molecule has 2 aromatic rings. The average molecular weight is 221 g/mol. The molecular weight excluding hydrogens is 209 g/mol. The van der Waals surface area contributed by atoms with Crippen molar-refractivity contribution in [3.05, 3.63) is 60.2 Å². The van der Waals surface area contributed by atoms with Crippen LogP contribution in [0, 0.1) is 0 Å². The summed E-state index contributed by atoms with van der Waals surface area (Å²) in [6.45, 7) is 0. The van der Waals surface area contributed by atoms with Crippen molar-refractivity contribution in [1.29, 1.82) is 0 Å². The average Bonchev–Trinajstić information content (AvgIpc) is 2.30. The van der Waals surface area contributed by atoms with E-state index in [0.717, 1.165) is 11.1 Å². The summed E-state index contributed by atoms with van der Waals surface area (Å²) >= 11 is 0. The largest absolute Gasteiger partial charge is 1.00 e. The van der Waals surface area contributed by atoms with Gasteiger partial charge in [-0.15, -0.1) is 0 Å². The van der Waals surface area contributed by atoms with E-state index in [1.54, 1.807) is 6.07 Å². The molecule has 76 valence electrons. The summed E-state index contributed by atoms with van der Waals surface area (Å²) in [4.78, 5) is 11.2. The summed E-state index contributed by atoms with van der Waals surface area (Å²) in [7, 11) is 0. The Hall–Kier alpha value is -1.09. The van der Waals surface area contributed by atoms with E-state index in [9.17, 15) is 4.79 Å². The molecule has 0 spiro atoms. The first-order chi connectivity index (χ1) is 7.29. The summed E-state index contributed by atoms with van der Waals surface area (Å²) in [5.41, 5.74) is 7.76. The van der Waals surface area contributed by atoms with Crippen molar-refractivity contribution in [3.8, 4) is 11.1 Å². The fourth-order valence-electron chi connectivity index (χ4n) is 1.57. The van der Waals surface area contributed by atoms with Gasteiger partial charge in [0.25, 0.3) is 0 Å². The van der Waals surface area contributed by atoms with Gasteiger partial charge in [0.15, 0.2) is 0 Å². The molecule has 2 nitrogen and oxygen atoms in total. The first-order valence-corrected chi connectivity index (χ1v) is 4.73. The van der Waals surface area contributed by atoms with E-state index < -0.39 is 5.91 Å². The minimum absolute atomic E-state index is 0. The van der Waals surface area contributed by atoms with Gasteiger partial charge in [-0.25, -0.2) is 0 Å². The number of benzene rings is 2. The topological polar surface area (TPSA) is 43.1 Å². The van der Waals surface area contributed by atoms with Crippen molar-refractivity contribution in [2.45, 2.75) is 0 Å². The molecule has 2 N–H and O–H groups in total. The minimum atomic E-state index is -0.394. The molecule has 1 amide bonds. The van der Waals surface area contributed by atoms with E-state index in [0.29, 0.717) is 5.56 Å². The van der Waals surface area contributed by atoms with Crippen LogP contribution in [0.5, 0.6) is 0 Å². The molecule has 0 saturated heterocycles. The van der Waals surface area contributed by atoms with Crippen LogP contribution in [0.25, 0.3) is 11.1 Å². The second-order valence-corrected chi connectivity index (χ2v) is 3.28. The maximum absolute atomic E-state index is 11.2. The molecule has 0 aromatic heterocycles. The van der Waals surface area contributed by atoms with Crippen molar-refractivity contribution in [1.82, 2.24) is 0 Å². The zero-order valence-corrected chi connectivity index (χ0v) is 11.2. The zero-order chi connectivity index (χ0) is 10.7. The first-order valence-electron chi connectivity index (χ1n) is 4.73. The minimum Gasteiger partial charge on any atom is -1.00 e. The smallest absolute Gasteiger partial charge is 1.00 e. The normalized spacial score (nSPS) is 9.25. The van der Waals surface area contributed by atoms with Crippen molar-refractivity contribution >= 4 is 5.91 Å². The van der Waals surface area contributed by atoms with E-state index in [1.165, 1.54) is 0 Å². The number of rotatable bonds is 2. The van der Waals surface area contributed by atoms with Crippen molar-refractivity contribution < 1.29 is 35.8 Å². The second kappa shape index (κ2) is 5.85. The maximum atomic E-state index is 11.2. The monoisotopic (exact) mass is 221 g/mol. The molecule has 3 heteroatoms. The number of carbonyl (C=O) groups is 1. The van der Waals surface area contributed by atoms with Crippen LogP contribution in [-0.2, 0) is 0 Å². The molecule has 0 saturated carbocycles. The third-order valence-electron chi connectivity index (χ3n) is 2.28. The van der Waals surface area contributed by atoms with Crippen LogP contribution in [0.2, 0.25) is 0 Å². The molecule has 0 aliphatic heterocycles. The van der Waals surface area contributed by atoms with Gasteiger partial charge in [0, 0.05) is 5.56 Å². The molecule has 0 heterocycles. The van der Waals surface area contributed by atoms with Crippen LogP contribution in [-0.4, -0.2) is 5.91 Å². The van der Waals surface area contributed by atoms with E-state index >= 15 is 0 Å². The molecule has 0 fully saturated rings. The summed E-state index contributed by atoms with van der Waals surface area (Å²) in [5, 5.41) is 0. The third-order valence-corrected chi connectivity index (χ3v) is 2.28. The Bertz CT molecular complexity index is 488. The van der Waals surface area contributed by atoms with Gasteiger partial charge >= 0.3 is 29.6 Å². The predicted molar refractivity (Wildman–Crippen MR) is 61.5 cm³/mol. The SMILES string of the molecule is NC(=O)c1ccccc1-c1ccccc1.[H-].[Na+]. The van der Waals surface area contributed by atoms with Gasteiger partial charge in [0.2, 0.25) is 5.91 Å². The van der Waals surface area contributed by atoms with Crippen molar-refractivity contribution in [2.24, 2.45) is 5.73 Å². The van der Waals surface area contributed by atoms with Gasteiger partial charge in [-0.05, 0) is 17.2 Å². The Morgan fingerprint density at radius 2 is 1.50 bits per heavy atom. The number of amides is 1. The summed E-state index contributed by atoms with van der Waals surface area (Å²) < 4.78 is 0. The Labute approximate surface area is 118 Å². The van der Waals surface area contributed by atoms with Gasteiger partial charge in [-0.2, -0.15) is 0 Å². The van der Waals surface area contributed by atoms with Crippen LogP contribution >= 0.6 is 0 Å². The molecule has 0 radical (unpaired) electrons. The van der Waals surface area contributed by atoms with Crippen LogP contribution in [0.3, 0.4) is 0 Å². The molecule has 0 atom stereocenters. The van der Waals surface area contributed by atoms with Crippen LogP contribution in [0.4, 0.5) is 0 Å². The molecule has 16 heavy (non-hydrogen) atoms. The number of hydrogen-bond donors (Lipinski definition) is 1. The fourth-order valence-corrected chi connectivity index (χ4v) is 1.57. The third kappa shape index (κ3) is 2.73. The van der Waals surface area contributed by atoms with Gasteiger partial charge in [-0.3, -0.25) is 4.79 Å². The van der Waals surface area contributed by atoms with Crippen LogP contribution < -0.4 is 35.3 Å². The number of carbonyl (C=O) groups excluding carboxylic acids is 1. The molecule has 0 unspecified atom stereocenters. The Kier molecular flexibility index (Phi) is 4.74. The maximum Gasteiger partial charge on any atom is 1.00 e. The van der Waals surface area contributed by atoms with Crippen LogP contribution in [0.15, 0.2) is 54.6 Å². The number of nitrogens with two attached hydrogens (primary N) is 1. The van der Waals surface area contributed by atoms with Gasteiger partial charge in [0.1, 0.15) is 0 Å². The number of primary amides is 1. The summed E-state index contributed by atoms with van der Waals surface area (Å²) in [5.74, 6) is -0.394. The second-order valence-electron chi connectivity index (χ2n) is 3.28. The molecule has 2 aromatic carbocycles. The summed E-state index contributed by atoms with van der Waals surface area (Å²) in [6.07, 6.45) is 0. The molecule has 0 aliphatic rings. The van der Waals surface area contributed by atoms with Crippen LogP contribution in [0.1, 0.15) is 11.8 Å². The van der Waals surface area contributed by atoms with Crippen molar-refractivity contribution in [2.75, 3.05) is 0 Å². The predicted octanol–water partition coefficient (Wildman–Crippen LogP) is -0.431. The van der Waals surface area contributed by atoms with E-state index in [4.69, 9.17) is 5.73 Å². The van der Waals surface area contributed by atoms with Gasteiger partial charge < -0.3 is 7.16 Å². The Balaban J connectivity index is 0.00000128. The Morgan fingerprint density at radius 3 is 2.12 bits per heavy atom. The fraction of sp³-hybridized carbons (Fsp3) is 0. The Morgan fingerprint density at radius 1 is 0.938 bits per heavy atom. The number of hydrogen-bond acceptors (Lipinski definition) is 1. The van der Waals surface area contributed by atoms with E-state index in [-0.39, 0.29) is 31.0 Å². The molecule has 2 rings (SSSR count). The quantitative estimate of drug-likeness (QED) is 0.687. The molecule has 0 aliphatic carbocycles. The summed E-state index contributed by atoms with van der Waals surface area (Å²) in [6, 6.07) is 17.1. The van der Waals surface area contributed by atoms with E-state index in [2.05, 4.69) is 0 Å². The molecule has 0 bridgehead atoms. The first kappa shape index (κ1) is 13.0. The zero-order valence-electron chi connectivity index (χ0n) is 10.2. The van der Waals surface area contributed by atoms with Gasteiger partial charge in [0.05, 0.1) is 0 Å².